The zero-order valence-electron chi connectivity index (χ0n) is 24.4. The molecule has 2 aromatic heterocycles. The summed E-state index contributed by atoms with van der Waals surface area (Å²) in [7, 11) is 0. The first-order valence-electron chi connectivity index (χ1n) is 13.6. The third-order valence-corrected chi connectivity index (χ3v) is 5.02. The van der Waals surface area contributed by atoms with E-state index in [0.29, 0.717) is 22.0 Å². The zero-order valence-corrected chi connectivity index (χ0v) is 17.4. The Balaban J connectivity index is 1.68. The molecular formula is C25H24N6O2. The summed E-state index contributed by atoms with van der Waals surface area (Å²) < 4.78 is 66.3. The third-order valence-electron chi connectivity index (χ3n) is 5.02. The Hall–Kier alpha value is -4.20. The zero-order chi connectivity index (χ0) is 29.0. The summed E-state index contributed by atoms with van der Waals surface area (Å²) in [5, 5.41) is 13.0. The van der Waals surface area contributed by atoms with Gasteiger partial charge in [-0.05, 0) is 55.3 Å². The van der Waals surface area contributed by atoms with Gasteiger partial charge in [0, 0.05) is 24.0 Å². The van der Waals surface area contributed by atoms with Crippen LogP contribution in [-0.4, -0.2) is 43.5 Å². The highest BCUT2D eigenvalue weighted by atomic mass is 16.5. The number of H-pyrrole nitrogens is 1. The van der Waals surface area contributed by atoms with Gasteiger partial charge in [-0.2, -0.15) is 5.10 Å². The van der Waals surface area contributed by atoms with Crippen LogP contribution >= 0.6 is 0 Å². The van der Waals surface area contributed by atoms with Crippen molar-refractivity contribution in [3.63, 3.8) is 0 Å². The molecule has 8 heteroatoms. The largest absolute Gasteiger partial charge is 0.457 e. The van der Waals surface area contributed by atoms with E-state index in [-0.39, 0.29) is 22.2 Å². The summed E-state index contributed by atoms with van der Waals surface area (Å²) in [4.78, 5) is 19.5. The lowest BCUT2D eigenvalue weighted by Crippen LogP contribution is -2.40. The fourth-order valence-corrected chi connectivity index (χ4v) is 3.47. The number of carbonyl (C=O) groups is 1. The molecule has 0 saturated carbocycles. The van der Waals surface area contributed by atoms with Crippen LogP contribution in [0.4, 0.5) is 0 Å². The molecule has 2 aromatic carbocycles. The van der Waals surface area contributed by atoms with Crippen molar-refractivity contribution in [1.82, 2.24) is 24.6 Å². The van der Waals surface area contributed by atoms with Crippen molar-refractivity contribution < 1.29 is 19.1 Å². The number of hydrogen-bond acceptors (Lipinski definition) is 5. The molecule has 1 aliphatic rings. The fraction of sp³-hybridized carbons (Fsp3) is 0.200. The second-order valence-electron chi connectivity index (χ2n) is 7.10. The Morgan fingerprint density at radius 1 is 1.24 bits per heavy atom. The van der Waals surface area contributed by atoms with Crippen LogP contribution in [0.2, 0.25) is 0 Å². The number of ether oxygens (including phenoxy) is 1. The number of nitrogens with one attached hydrogen (secondary N) is 2. The number of aromatic nitrogens is 4. The lowest BCUT2D eigenvalue weighted by atomic mass is 10.1. The SMILES string of the molecule is [2H]c1nc(=N)c2c(-c3ccc(Oc4ccccc4)cc3)nn([C@@H]3C([2H])([2H])CC([2H])([2H])N(C(=O)C=C)C3([2H])[2H])c2[nH]1. The van der Waals surface area contributed by atoms with Crippen LogP contribution in [0.5, 0.6) is 11.5 Å². The highest BCUT2D eigenvalue weighted by molar-refractivity contribution is 5.90. The standard InChI is InChI=1S/C25H24N6O2/c1-2-21(32)30-14-6-7-18(15-30)31-25-22(24(26)27-16-28-25)23(29-31)17-10-12-20(13-11-17)33-19-8-4-3-5-9-19/h2-5,8-13,16,18H,1,6-7,14-15H2,(H2,26,27,28)/t18-/m1/s1/i7D2,14D2,15D2,16D. The predicted molar refractivity (Wildman–Crippen MR) is 125 cm³/mol. The second-order valence-corrected chi connectivity index (χ2v) is 7.10. The van der Waals surface area contributed by atoms with Crippen LogP contribution in [-0.2, 0) is 4.79 Å². The van der Waals surface area contributed by atoms with Gasteiger partial charge in [0.15, 0.2) is 5.49 Å². The molecule has 1 fully saturated rings. The van der Waals surface area contributed by atoms with Crippen LogP contribution in [0.15, 0.2) is 73.6 Å². The number of aromatic amines is 1. The molecule has 5 rings (SSSR count). The van der Waals surface area contributed by atoms with E-state index in [1.54, 1.807) is 36.4 Å². The maximum atomic E-state index is 12.6. The van der Waals surface area contributed by atoms with Crippen LogP contribution in [0.1, 0.15) is 28.4 Å². The normalized spacial score (nSPS) is 23.7. The van der Waals surface area contributed by atoms with Crippen molar-refractivity contribution in [2.24, 2.45) is 0 Å². The minimum atomic E-state index is -2.94. The number of carbonyl (C=O) groups excluding carboxylic acids is 1. The maximum absolute atomic E-state index is 12.6. The van der Waals surface area contributed by atoms with Gasteiger partial charge < -0.3 is 14.6 Å². The van der Waals surface area contributed by atoms with Gasteiger partial charge >= 0.3 is 0 Å². The summed E-state index contributed by atoms with van der Waals surface area (Å²) >= 11 is 0. The molecule has 0 unspecified atom stereocenters. The predicted octanol–water partition coefficient (Wildman–Crippen LogP) is 4.05. The molecule has 0 radical (unpaired) electrons. The number of fused-ring (bicyclic) bond motifs is 1. The first-order valence-corrected chi connectivity index (χ1v) is 10.1. The van der Waals surface area contributed by atoms with Crippen molar-refractivity contribution in [2.45, 2.75) is 18.8 Å². The van der Waals surface area contributed by atoms with E-state index < -0.39 is 44.0 Å². The average molecular weight is 448 g/mol. The third kappa shape index (κ3) is 4.03. The van der Waals surface area contributed by atoms with Crippen molar-refractivity contribution in [3.8, 4) is 22.8 Å². The van der Waals surface area contributed by atoms with Crippen molar-refractivity contribution >= 4 is 16.9 Å². The Morgan fingerprint density at radius 3 is 2.76 bits per heavy atom. The second kappa shape index (κ2) is 8.74. The molecule has 0 aliphatic carbocycles. The van der Waals surface area contributed by atoms with Crippen molar-refractivity contribution in [2.75, 3.05) is 13.0 Å². The molecule has 1 atom stereocenters. The number of piperidine rings is 1. The highest BCUT2D eigenvalue weighted by Crippen LogP contribution is 2.31. The van der Waals surface area contributed by atoms with E-state index in [0.717, 1.165) is 10.8 Å². The van der Waals surface area contributed by atoms with E-state index >= 15 is 0 Å². The number of hydrogen-bond donors (Lipinski definition) is 2. The van der Waals surface area contributed by atoms with Crippen LogP contribution in [0.25, 0.3) is 22.3 Å². The molecule has 3 heterocycles. The summed E-state index contributed by atoms with van der Waals surface area (Å²) in [6.45, 7) is -2.29. The van der Waals surface area contributed by atoms with E-state index in [2.05, 4.69) is 21.6 Å². The highest BCUT2D eigenvalue weighted by Gasteiger charge is 2.27. The monoisotopic (exact) mass is 447 g/mol. The topological polar surface area (TPSA) is 99.9 Å². The molecule has 33 heavy (non-hydrogen) atoms. The summed E-state index contributed by atoms with van der Waals surface area (Å²) in [5.41, 5.74) is 0.195. The van der Waals surface area contributed by atoms with E-state index in [1.807, 2.05) is 18.2 Å². The Bertz CT molecular complexity index is 1670. The minimum Gasteiger partial charge on any atom is -0.457 e. The Kier molecular flexibility index (Phi) is 3.72. The minimum absolute atomic E-state index is 0.0733. The smallest absolute Gasteiger partial charge is 0.246 e. The van der Waals surface area contributed by atoms with Crippen LogP contribution < -0.4 is 10.2 Å². The van der Waals surface area contributed by atoms with Gasteiger partial charge in [-0.25, -0.2) is 9.67 Å². The van der Waals surface area contributed by atoms with Gasteiger partial charge in [-0.15, -0.1) is 0 Å². The lowest BCUT2D eigenvalue weighted by Gasteiger charge is -2.32. The van der Waals surface area contributed by atoms with Gasteiger partial charge in [0.05, 0.1) is 20.5 Å². The van der Waals surface area contributed by atoms with Gasteiger partial charge in [0.2, 0.25) is 5.91 Å². The molecule has 1 saturated heterocycles. The first kappa shape index (κ1) is 14.1. The van der Waals surface area contributed by atoms with Gasteiger partial charge in [0.25, 0.3) is 0 Å². The number of rotatable bonds is 5. The molecule has 8 nitrogen and oxygen atoms in total. The van der Waals surface area contributed by atoms with E-state index in [4.69, 9.17) is 19.7 Å². The summed E-state index contributed by atoms with van der Waals surface area (Å²) in [5.74, 6) is 0.0818. The van der Waals surface area contributed by atoms with E-state index in [1.165, 1.54) is 0 Å². The molecule has 166 valence electrons. The Morgan fingerprint density at radius 2 is 2.00 bits per heavy atom. The van der Waals surface area contributed by atoms with Crippen molar-refractivity contribution in [1.29, 1.82) is 5.41 Å². The van der Waals surface area contributed by atoms with Crippen LogP contribution in [0.3, 0.4) is 0 Å². The number of likely N-dealkylation sites (tertiary alicyclic amines) is 1. The maximum Gasteiger partial charge on any atom is 0.246 e. The Labute approximate surface area is 200 Å². The number of amides is 1. The van der Waals surface area contributed by atoms with E-state index in [9.17, 15) is 4.79 Å². The number of nitrogens with zero attached hydrogens (tertiary/aromatic N) is 4. The van der Waals surface area contributed by atoms with Gasteiger partial charge in [-0.3, -0.25) is 10.2 Å². The fourth-order valence-electron chi connectivity index (χ4n) is 3.47. The number of benzene rings is 2. The molecule has 1 amide bonds. The van der Waals surface area contributed by atoms with Gasteiger partial charge in [-0.1, -0.05) is 24.8 Å². The molecule has 1 aliphatic heterocycles. The molecule has 0 bridgehead atoms. The lowest BCUT2D eigenvalue weighted by molar-refractivity contribution is -0.127. The molecule has 4 aromatic rings. The number of para-hydroxylation sites is 1. The molecule has 0 spiro atoms. The average Bonchev–Trinajstić information content (AvgIpc) is 3.21. The first-order chi connectivity index (χ1) is 18.8. The molecule has 2 N–H and O–H groups in total. The molecular weight excluding hydrogens is 416 g/mol. The quantitative estimate of drug-likeness (QED) is 0.451. The van der Waals surface area contributed by atoms with Crippen molar-refractivity contribution in [3.05, 3.63) is 79.0 Å². The summed E-state index contributed by atoms with van der Waals surface area (Å²) in [6.07, 6.45) is -3.10. The van der Waals surface area contributed by atoms with Gasteiger partial charge in [0.1, 0.15) is 24.2 Å². The van der Waals surface area contributed by atoms with Crippen LogP contribution in [0, 0.1) is 5.41 Å². The summed E-state index contributed by atoms with van der Waals surface area (Å²) in [6, 6.07) is 13.9.